The number of carbonyl (C=O) groups excluding carboxylic acids is 1. The number of primary amides is 1. The Morgan fingerprint density at radius 3 is 2.69 bits per heavy atom. The van der Waals surface area contributed by atoms with E-state index in [1.165, 1.54) is 0 Å². The Labute approximate surface area is 83.8 Å². The molecule has 0 fully saturated rings. The van der Waals surface area contributed by atoms with Crippen molar-refractivity contribution in [1.82, 2.24) is 5.32 Å². The van der Waals surface area contributed by atoms with E-state index >= 15 is 0 Å². The molecule has 0 radical (unpaired) electrons. The molecule has 78 valence electrons. The molecular formula is C8H19N3OS. The van der Waals surface area contributed by atoms with Gasteiger partial charge in [0, 0.05) is 18.3 Å². The molecule has 0 heterocycles. The van der Waals surface area contributed by atoms with E-state index in [1.54, 1.807) is 0 Å². The Morgan fingerprint density at radius 2 is 2.23 bits per heavy atom. The standard InChI is InChI=1S/C8H19N3OS/c1-3-13-5-6(2)11-4-7(9)8(10)12/h6-7,11H,3-5,9H2,1-2H3,(H2,10,12). The summed E-state index contributed by atoms with van der Waals surface area (Å²) in [5.74, 6) is 1.68. The molecule has 2 unspecified atom stereocenters. The van der Waals surface area contributed by atoms with Crippen molar-refractivity contribution in [2.75, 3.05) is 18.1 Å². The van der Waals surface area contributed by atoms with Crippen LogP contribution in [0, 0.1) is 0 Å². The minimum atomic E-state index is -0.575. The van der Waals surface area contributed by atoms with Gasteiger partial charge in [-0.15, -0.1) is 0 Å². The SMILES string of the molecule is CCSCC(C)NCC(N)C(N)=O. The van der Waals surface area contributed by atoms with E-state index in [0.29, 0.717) is 12.6 Å². The van der Waals surface area contributed by atoms with Gasteiger partial charge in [-0.05, 0) is 12.7 Å². The van der Waals surface area contributed by atoms with Gasteiger partial charge in [0.1, 0.15) is 0 Å². The van der Waals surface area contributed by atoms with Crippen molar-refractivity contribution < 1.29 is 4.79 Å². The van der Waals surface area contributed by atoms with E-state index in [4.69, 9.17) is 11.5 Å². The van der Waals surface area contributed by atoms with Crippen LogP contribution in [0.15, 0.2) is 0 Å². The van der Waals surface area contributed by atoms with Gasteiger partial charge in [0.05, 0.1) is 6.04 Å². The molecule has 0 aliphatic heterocycles. The highest BCUT2D eigenvalue weighted by molar-refractivity contribution is 7.99. The highest BCUT2D eigenvalue weighted by Gasteiger charge is 2.09. The molecule has 0 saturated heterocycles. The molecule has 5 N–H and O–H groups in total. The summed E-state index contributed by atoms with van der Waals surface area (Å²) in [7, 11) is 0. The second-order valence-corrected chi connectivity index (χ2v) is 4.30. The summed E-state index contributed by atoms with van der Waals surface area (Å²) >= 11 is 1.86. The number of rotatable bonds is 7. The number of nitrogens with two attached hydrogens (primary N) is 2. The van der Waals surface area contributed by atoms with Gasteiger partial charge >= 0.3 is 0 Å². The molecule has 4 nitrogen and oxygen atoms in total. The second kappa shape index (κ2) is 7.17. The largest absolute Gasteiger partial charge is 0.368 e. The van der Waals surface area contributed by atoms with E-state index in [-0.39, 0.29) is 0 Å². The fraction of sp³-hybridized carbons (Fsp3) is 0.875. The van der Waals surface area contributed by atoms with Gasteiger partial charge in [0.2, 0.25) is 5.91 Å². The predicted molar refractivity (Wildman–Crippen MR) is 57.6 cm³/mol. The Hall–Kier alpha value is -0.260. The van der Waals surface area contributed by atoms with E-state index in [0.717, 1.165) is 11.5 Å². The van der Waals surface area contributed by atoms with Gasteiger partial charge in [-0.3, -0.25) is 4.79 Å². The van der Waals surface area contributed by atoms with E-state index in [9.17, 15) is 4.79 Å². The Morgan fingerprint density at radius 1 is 1.62 bits per heavy atom. The maximum absolute atomic E-state index is 10.6. The number of hydrogen-bond acceptors (Lipinski definition) is 4. The summed E-state index contributed by atoms with van der Waals surface area (Å²) in [6.45, 7) is 4.64. The molecule has 0 aromatic rings. The van der Waals surface area contributed by atoms with Crippen molar-refractivity contribution in [1.29, 1.82) is 0 Å². The molecule has 1 amide bonds. The number of carbonyl (C=O) groups is 1. The van der Waals surface area contributed by atoms with E-state index in [1.807, 2.05) is 11.8 Å². The van der Waals surface area contributed by atoms with Crippen LogP contribution in [0.3, 0.4) is 0 Å². The quantitative estimate of drug-likeness (QED) is 0.525. The van der Waals surface area contributed by atoms with Crippen molar-refractivity contribution in [3.63, 3.8) is 0 Å². The van der Waals surface area contributed by atoms with Crippen LogP contribution < -0.4 is 16.8 Å². The third kappa shape index (κ3) is 6.86. The molecule has 0 bridgehead atoms. The van der Waals surface area contributed by atoms with Gasteiger partial charge < -0.3 is 16.8 Å². The number of thioether (sulfide) groups is 1. The van der Waals surface area contributed by atoms with Crippen LogP contribution in [0.5, 0.6) is 0 Å². The molecule has 13 heavy (non-hydrogen) atoms. The summed E-state index contributed by atoms with van der Waals surface area (Å²) in [6, 6.07) is -0.204. The van der Waals surface area contributed by atoms with Crippen molar-refractivity contribution in [2.45, 2.75) is 25.9 Å². The van der Waals surface area contributed by atoms with Crippen LogP contribution in [-0.4, -0.2) is 36.0 Å². The molecule has 0 spiro atoms. The summed E-state index contributed by atoms with van der Waals surface area (Å²) in [6.07, 6.45) is 0. The Kier molecular flexibility index (Phi) is 7.03. The summed E-state index contributed by atoms with van der Waals surface area (Å²) < 4.78 is 0. The maximum Gasteiger partial charge on any atom is 0.235 e. The van der Waals surface area contributed by atoms with E-state index < -0.39 is 11.9 Å². The summed E-state index contributed by atoms with van der Waals surface area (Å²) in [5, 5.41) is 3.15. The Balaban J connectivity index is 3.45. The summed E-state index contributed by atoms with van der Waals surface area (Å²) in [4.78, 5) is 10.6. The van der Waals surface area contributed by atoms with Crippen molar-refractivity contribution in [3.05, 3.63) is 0 Å². The number of hydrogen-bond donors (Lipinski definition) is 3. The molecule has 0 saturated carbocycles. The van der Waals surface area contributed by atoms with Crippen LogP contribution in [0.4, 0.5) is 0 Å². The molecule has 0 aromatic carbocycles. The van der Waals surface area contributed by atoms with Crippen molar-refractivity contribution in [3.8, 4) is 0 Å². The van der Waals surface area contributed by atoms with Crippen LogP contribution in [0.25, 0.3) is 0 Å². The lowest BCUT2D eigenvalue weighted by atomic mass is 10.3. The zero-order valence-electron chi connectivity index (χ0n) is 8.25. The van der Waals surface area contributed by atoms with Gasteiger partial charge in [-0.2, -0.15) is 11.8 Å². The molecule has 0 aliphatic rings. The van der Waals surface area contributed by atoms with Crippen LogP contribution in [0.2, 0.25) is 0 Å². The fourth-order valence-corrected chi connectivity index (χ4v) is 1.49. The lowest BCUT2D eigenvalue weighted by Crippen LogP contribution is -2.46. The lowest BCUT2D eigenvalue weighted by molar-refractivity contribution is -0.119. The minimum absolute atomic E-state index is 0.371. The first-order valence-corrected chi connectivity index (χ1v) is 5.59. The minimum Gasteiger partial charge on any atom is -0.368 e. The smallest absolute Gasteiger partial charge is 0.235 e. The third-order valence-corrected chi connectivity index (χ3v) is 2.77. The van der Waals surface area contributed by atoms with Crippen molar-refractivity contribution >= 4 is 17.7 Å². The monoisotopic (exact) mass is 205 g/mol. The van der Waals surface area contributed by atoms with E-state index in [2.05, 4.69) is 19.2 Å². The molecule has 0 rings (SSSR count). The maximum atomic E-state index is 10.6. The second-order valence-electron chi connectivity index (χ2n) is 2.98. The summed E-state index contributed by atoms with van der Waals surface area (Å²) in [5.41, 5.74) is 10.5. The normalized spacial score (nSPS) is 15.3. The van der Waals surface area contributed by atoms with Crippen LogP contribution in [-0.2, 0) is 4.79 Å². The number of nitrogens with one attached hydrogen (secondary N) is 1. The topological polar surface area (TPSA) is 81.1 Å². The molecule has 2 atom stereocenters. The zero-order valence-corrected chi connectivity index (χ0v) is 9.06. The highest BCUT2D eigenvalue weighted by Crippen LogP contribution is 2.00. The average Bonchev–Trinajstić information content (AvgIpc) is 2.10. The predicted octanol–water partition coefficient (Wildman–Crippen LogP) is -0.470. The third-order valence-electron chi connectivity index (χ3n) is 1.62. The molecule has 0 aliphatic carbocycles. The lowest BCUT2D eigenvalue weighted by Gasteiger charge is -2.15. The Bertz CT molecular complexity index is 154. The van der Waals surface area contributed by atoms with Gasteiger partial charge in [-0.25, -0.2) is 0 Å². The first-order chi connectivity index (χ1) is 6.07. The van der Waals surface area contributed by atoms with Crippen LogP contribution in [0.1, 0.15) is 13.8 Å². The van der Waals surface area contributed by atoms with Gasteiger partial charge in [0.15, 0.2) is 0 Å². The van der Waals surface area contributed by atoms with Gasteiger partial charge in [0.25, 0.3) is 0 Å². The average molecular weight is 205 g/mol. The van der Waals surface area contributed by atoms with Gasteiger partial charge in [-0.1, -0.05) is 6.92 Å². The zero-order chi connectivity index (χ0) is 10.3. The van der Waals surface area contributed by atoms with Crippen molar-refractivity contribution in [2.24, 2.45) is 11.5 Å². The first kappa shape index (κ1) is 12.7. The number of amides is 1. The molecule has 5 heteroatoms. The fourth-order valence-electron chi connectivity index (χ4n) is 0.782. The van der Waals surface area contributed by atoms with Crippen LogP contribution >= 0.6 is 11.8 Å². The first-order valence-electron chi connectivity index (χ1n) is 4.44. The highest BCUT2D eigenvalue weighted by atomic mass is 32.2. The molecular weight excluding hydrogens is 186 g/mol. The molecule has 0 aromatic heterocycles.